The van der Waals surface area contributed by atoms with Crippen LogP contribution in [0, 0.1) is 10.1 Å². The number of nitro groups is 1. The van der Waals surface area contributed by atoms with Gasteiger partial charge in [-0.15, -0.1) is 23.0 Å². The lowest BCUT2D eigenvalue weighted by molar-refractivity contribution is -0.384. The maximum Gasteiger partial charge on any atom is 0.270 e. The highest BCUT2D eigenvalue weighted by Crippen LogP contribution is 2.24. The molecule has 2 aromatic carbocycles. The first kappa shape index (κ1) is 18.5. The van der Waals surface area contributed by atoms with E-state index in [4.69, 9.17) is 0 Å². The molecule has 0 atom stereocenters. The zero-order valence-corrected chi connectivity index (χ0v) is 15.6. The van der Waals surface area contributed by atoms with Crippen molar-refractivity contribution in [2.45, 2.75) is 13.5 Å². The fraction of sp³-hybridized carbons (Fsp3) is 0.100. The number of nitrogens with zero attached hydrogens (tertiary/aromatic N) is 4. The van der Waals surface area contributed by atoms with Gasteiger partial charge >= 0.3 is 0 Å². The van der Waals surface area contributed by atoms with Crippen molar-refractivity contribution in [1.29, 1.82) is 0 Å². The fourth-order valence-electron chi connectivity index (χ4n) is 2.58. The van der Waals surface area contributed by atoms with E-state index in [0.29, 0.717) is 11.3 Å². The lowest BCUT2D eigenvalue weighted by atomic mass is 10.1. The number of hydrogen-bond acceptors (Lipinski definition) is 5. The van der Waals surface area contributed by atoms with Gasteiger partial charge in [-0.25, -0.2) is 0 Å². The molecule has 3 rings (SSSR count). The van der Waals surface area contributed by atoms with Gasteiger partial charge in [-0.1, -0.05) is 48.5 Å². The molecule has 136 valence electrons. The standard InChI is InChI=1S/C20H18N4O2S/c1-3-12-23-19(17-10-7-11-18(13-17)24(25)26)14-27-20(23)22-21-15(2)16-8-5-4-6-9-16/h3-11,13-14H,1,12H2,2H3/b21-15-,22-20-. The Kier molecular flexibility index (Phi) is 5.73. The zero-order chi connectivity index (χ0) is 19.2. The van der Waals surface area contributed by atoms with Crippen molar-refractivity contribution in [2.75, 3.05) is 0 Å². The zero-order valence-electron chi connectivity index (χ0n) is 14.8. The molecule has 0 aliphatic rings. The monoisotopic (exact) mass is 378 g/mol. The third kappa shape index (κ3) is 4.27. The van der Waals surface area contributed by atoms with Gasteiger partial charge in [-0.2, -0.15) is 5.10 Å². The molecule has 3 aromatic rings. The summed E-state index contributed by atoms with van der Waals surface area (Å²) < 4.78 is 1.94. The van der Waals surface area contributed by atoms with Crippen LogP contribution in [-0.2, 0) is 6.54 Å². The number of non-ortho nitro benzene ring substituents is 1. The Morgan fingerprint density at radius 3 is 2.74 bits per heavy atom. The van der Waals surface area contributed by atoms with Crippen LogP contribution in [0.25, 0.3) is 11.3 Å². The van der Waals surface area contributed by atoms with Gasteiger partial charge in [0.1, 0.15) is 0 Å². The number of hydrogen-bond donors (Lipinski definition) is 0. The Morgan fingerprint density at radius 1 is 1.26 bits per heavy atom. The summed E-state index contributed by atoms with van der Waals surface area (Å²) in [6, 6.07) is 16.4. The van der Waals surface area contributed by atoms with Crippen molar-refractivity contribution in [3.8, 4) is 11.3 Å². The Labute approximate surface area is 160 Å². The van der Waals surface area contributed by atoms with Gasteiger partial charge < -0.3 is 4.57 Å². The summed E-state index contributed by atoms with van der Waals surface area (Å²) in [5, 5.41) is 21.7. The van der Waals surface area contributed by atoms with Gasteiger partial charge in [0.25, 0.3) is 5.69 Å². The Balaban J connectivity index is 2.05. The molecular formula is C20H18N4O2S. The second-order valence-corrected chi connectivity index (χ2v) is 6.60. The Morgan fingerprint density at radius 2 is 2.04 bits per heavy atom. The lowest BCUT2D eigenvalue weighted by Gasteiger charge is -2.06. The van der Waals surface area contributed by atoms with Crippen LogP contribution in [0.5, 0.6) is 0 Å². The van der Waals surface area contributed by atoms with E-state index in [1.54, 1.807) is 18.2 Å². The number of rotatable bonds is 6. The number of thiazole rings is 1. The number of nitro benzene ring substituents is 1. The number of benzene rings is 2. The molecule has 0 aliphatic heterocycles. The van der Waals surface area contributed by atoms with Crippen LogP contribution in [0.4, 0.5) is 5.69 Å². The SMILES string of the molecule is C=CCn1c(-c2cccc([N+](=O)[O-])c2)cs/c1=N\N=C(\C)c1ccccc1. The quantitative estimate of drug-likeness (QED) is 0.271. The fourth-order valence-corrected chi connectivity index (χ4v) is 3.45. The molecule has 27 heavy (non-hydrogen) atoms. The highest BCUT2D eigenvalue weighted by molar-refractivity contribution is 7.07. The summed E-state index contributed by atoms with van der Waals surface area (Å²) in [5.74, 6) is 0. The van der Waals surface area contributed by atoms with Gasteiger partial charge in [-0.05, 0) is 12.5 Å². The summed E-state index contributed by atoms with van der Waals surface area (Å²) in [5.41, 5.74) is 3.47. The van der Waals surface area contributed by atoms with E-state index in [-0.39, 0.29) is 5.69 Å². The van der Waals surface area contributed by atoms with E-state index in [0.717, 1.165) is 22.5 Å². The normalized spacial score (nSPS) is 12.2. The van der Waals surface area contributed by atoms with Crippen molar-refractivity contribution in [3.05, 3.63) is 93.1 Å². The van der Waals surface area contributed by atoms with Crippen molar-refractivity contribution < 1.29 is 4.92 Å². The first-order valence-electron chi connectivity index (χ1n) is 8.28. The summed E-state index contributed by atoms with van der Waals surface area (Å²) >= 11 is 1.43. The molecule has 0 N–H and O–H groups in total. The molecule has 6 nitrogen and oxygen atoms in total. The summed E-state index contributed by atoms with van der Waals surface area (Å²) in [6.07, 6.45) is 1.76. The van der Waals surface area contributed by atoms with E-state index in [1.807, 2.05) is 53.3 Å². The van der Waals surface area contributed by atoms with E-state index in [9.17, 15) is 10.1 Å². The third-order valence-corrected chi connectivity index (χ3v) is 4.79. The van der Waals surface area contributed by atoms with Gasteiger partial charge in [0.05, 0.1) is 16.3 Å². The number of aromatic nitrogens is 1. The molecule has 0 saturated heterocycles. The molecule has 0 amide bonds. The lowest BCUT2D eigenvalue weighted by Crippen LogP contribution is -2.15. The molecule has 0 fully saturated rings. The Bertz CT molecular complexity index is 1060. The van der Waals surface area contributed by atoms with Crippen molar-refractivity contribution >= 4 is 22.7 Å². The molecule has 0 bridgehead atoms. The second kappa shape index (κ2) is 8.37. The highest BCUT2D eigenvalue weighted by Gasteiger charge is 2.11. The first-order valence-corrected chi connectivity index (χ1v) is 9.16. The minimum atomic E-state index is -0.396. The smallest absolute Gasteiger partial charge is 0.270 e. The highest BCUT2D eigenvalue weighted by atomic mass is 32.1. The largest absolute Gasteiger partial charge is 0.311 e. The van der Waals surface area contributed by atoms with Crippen LogP contribution in [0.1, 0.15) is 12.5 Å². The average molecular weight is 378 g/mol. The van der Waals surface area contributed by atoms with Crippen molar-refractivity contribution in [2.24, 2.45) is 10.2 Å². The third-order valence-electron chi connectivity index (χ3n) is 3.94. The molecule has 0 aliphatic carbocycles. The first-order chi connectivity index (χ1) is 13.1. The maximum absolute atomic E-state index is 11.1. The number of allylic oxidation sites excluding steroid dienone is 1. The summed E-state index contributed by atoms with van der Waals surface area (Å²) in [7, 11) is 0. The summed E-state index contributed by atoms with van der Waals surface area (Å²) in [6.45, 7) is 6.23. The summed E-state index contributed by atoms with van der Waals surface area (Å²) in [4.78, 5) is 11.4. The van der Waals surface area contributed by atoms with Crippen LogP contribution < -0.4 is 4.80 Å². The van der Waals surface area contributed by atoms with Crippen LogP contribution >= 0.6 is 11.3 Å². The van der Waals surface area contributed by atoms with Crippen LogP contribution in [0.15, 0.2) is 82.8 Å². The predicted molar refractivity (Wildman–Crippen MR) is 109 cm³/mol. The molecule has 7 heteroatoms. The maximum atomic E-state index is 11.1. The van der Waals surface area contributed by atoms with E-state index >= 15 is 0 Å². The Hall–Kier alpha value is -3.32. The van der Waals surface area contributed by atoms with E-state index in [1.165, 1.54) is 17.4 Å². The molecule has 1 heterocycles. The molecule has 0 unspecified atom stereocenters. The van der Waals surface area contributed by atoms with E-state index in [2.05, 4.69) is 16.8 Å². The second-order valence-electron chi connectivity index (χ2n) is 5.76. The van der Waals surface area contributed by atoms with Gasteiger partial charge in [-0.3, -0.25) is 10.1 Å². The molecular weight excluding hydrogens is 360 g/mol. The van der Waals surface area contributed by atoms with Crippen molar-refractivity contribution in [3.63, 3.8) is 0 Å². The van der Waals surface area contributed by atoms with Gasteiger partial charge in [0, 0.05) is 29.6 Å². The molecule has 0 saturated carbocycles. The minimum absolute atomic E-state index is 0.0558. The van der Waals surface area contributed by atoms with Crippen molar-refractivity contribution in [1.82, 2.24) is 4.57 Å². The topological polar surface area (TPSA) is 72.8 Å². The molecule has 0 radical (unpaired) electrons. The predicted octanol–water partition coefficient (Wildman–Crippen LogP) is 4.64. The molecule has 0 spiro atoms. The van der Waals surface area contributed by atoms with Crippen LogP contribution in [0.2, 0.25) is 0 Å². The molecule has 1 aromatic heterocycles. The minimum Gasteiger partial charge on any atom is -0.311 e. The van der Waals surface area contributed by atoms with Gasteiger partial charge in [0.2, 0.25) is 4.80 Å². The van der Waals surface area contributed by atoms with Crippen LogP contribution in [-0.4, -0.2) is 15.2 Å². The van der Waals surface area contributed by atoms with Crippen LogP contribution in [0.3, 0.4) is 0 Å². The van der Waals surface area contributed by atoms with Gasteiger partial charge in [0.15, 0.2) is 0 Å². The van der Waals surface area contributed by atoms with E-state index < -0.39 is 4.92 Å². The average Bonchev–Trinajstić information content (AvgIpc) is 3.10.